The molecule has 2 rings (SSSR count). The van der Waals surface area contributed by atoms with E-state index in [-0.39, 0.29) is 12.5 Å². The lowest BCUT2D eigenvalue weighted by molar-refractivity contribution is 0.274. The standard InChI is InChI=1S/C12H10Cl2N2O2/c1-7-15-5-8(6-17)12(16-7)18-11-4-9(13)2-3-10(11)14/h2-5,17H,6H2,1H3. The van der Waals surface area contributed by atoms with Crippen molar-refractivity contribution in [1.29, 1.82) is 0 Å². The van der Waals surface area contributed by atoms with Crippen molar-refractivity contribution in [2.24, 2.45) is 0 Å². The Balaban J connectivity index is 2.38. The molecule has 0 unspecified atom stereocenters. The predicted molar refractivity (Wildman–Crippen MR) is 69.2 cm³/mol. The third kappa shape index (κ3) is 2.90. The number of aryl methyl sites for hydroxylation is 1. The number of rotatable bonds is 3. The lowest BCUT2D eigenvalue weighted by atomic mass is 10.3. The highest BCUT2D eigenvalue weighted by Gasteiger charge is 2.10. The maximum absolute atomic E-state index is 9.19. The fourth-order valence-corrected chi connectivity index (χ4v) is 1.65. The molecule has 0 aliphatic carbocycles. The number of nitrogens with zero attached hydrogens (tertiary/aromatic N) is 2. The van der Waals surface area contributed by atoms with Crippen molar-refractivity contribution in [3.05, 3.63) is 45.8 Å². The van der Waals surface area contributed by atoms with Gasteiger partial charge >= 0.3 is 0 Å². The zero-order chi connectivity index (χ0) is 13.1. The van der Waals surface area contributed by atoms with Crippen molar-refractivity contribution in [2.75, 3.05) is 0 Å². The number of hydrogen-bond acceptors (Lipinski definition) is 4. The Hall–Kier alpha value is -1.36. The molecular weight excluding hydrogens is 275 g/mol. The Morgan fingerprint density at radius 2 is 2.11 bits per heavy atom. The maximum atomic E-state index is 9.19. The average molecular weight is 285 g/mol. The number of aromatic nitrogens is 2. The molecule has 94 valence electrons. The van der Waals surface area contributed by atoms with Crippen LogP contribution in [-0.2, 0) is 6.61 Å². The quantitative estimate of drug-likeness (QED) is 0.939. The van der Waals surface area contributed by atoms with Gasteiger partial charge in [0.2, 0.25) is 5.88 Å². The second kappa shape index (κ2) is 5.52. The molecule has 2 aromatic rings. The van der Waals surface area contributed by atoms with E-state index in [9.17, 15) is 5.11 Å². The number of ether oxygens (including phenoxy) is 1. The van der Waals surface area contributed by atoms with Gasteiger partial charge in [0.1, 0.15) is 11.6 Å². The molecule has 1 aromatic heterocycles. The predicted octanol–water partition coefficient (Wildman–Crippen LogP) is 3.38. The molecule has 0 bridgehead atoms. The maximum Gasteiger partial charge on any atom is 0.228 e. The number of benzene rings is 1. The Morgan fingerprint density at radius 3 is 2.83 bits per heavy atom. The van der Waals surface area contributed by atoms with Crippen molar-refractivity contribution < 1.29 is 9.84 Å². The fraction of sp³-hybridized carbons (Fsp3) is 0.167. The van der Waals surface area contributed by atoms with E-state index in [0.717, 1.165) is 0 Å². The van der Waals surface area contributed by atoms with Crippen LogP contribution in [0.2, 0.25) is 10.0 Å². The Bertz CT molecular complexity index is 576. The van der Waals surface area contributed by atoms with Crippen LogP contribution in [0.3, 0.4) is 0 Å². The van der Waals surface area contributed by atoms with E-state index in [2.05, 4.69) is 9.97 Å². The molecular formula is C12H10Cl2N2O2. The first kappa shape index (κ1) is 13.1. The third-order valence-electron chi connectivity index (χ3n) is 2.22. The van der Waals surface area contributed by atoms with Gasteiger partial charge in [-0.05, 0) is 19.1 Å². The summed E-state index contributed by atoms with van der Waals surface area (Å²) in [5.41, 5.74) is 0.483. The van der Waals surface area contributed by atoms with Crippen molar-refractivity contribution >= 4 is 23.2 Å². The molecule has 0 saturated heterocycles. The second-order valence-corrected chi connectivity index (χ2v) is 4.43. The summed E-state index contributed by atoms with van der Waals surface area (Å²) in [5, 5.41) is 10.1. The van der Waals surface area contributed by atoms with Gasteiger partial charge in [-0.15, -0.1) is 0 Å². The Morgan fingerprint density at radius 1 is 1.33 bits per heavy atom. The van der Waals surface area contributed by atoms with E-state index in [1.165, 1.54) is 6.20 Å². The van der Waals surface area contributed by atoms with Crippen molar-refractivity contribution in [1.82, 2.24) is 9.97 Å². The molecule has 0 aliphatic heterocycles. The van der Waals surface area contributed by atoms with Crippen LogP contribution in [0.1, 0.15) is 11.4 Å². The van der Waals surface area contributed by atoms with E-state index in [1.54, 1.807) is 25.1 Å². The summed E-state index contributed by atoms with van der Waals surface area (Å²) in [7, 11) is 0. The van der Waals surface area contributed by atoms with Gasteiger partial charge in [0.15, 0.2) is 0 Å². The molecule has 6 heteroatoms. The van der Waals surface area contributed by atoms with Gasteiger partial charge in [-0.3, -0.25) is 0 Å². The minimum absolute atomic E-state index is 0.214. The highest BCUT2D eigenvalue weighted by atomic mass is 35.5. The fourth-order valence-electron chi connectivity index (χ4n) is 1.33. The summed E-state index contributed by atoms with van der Waals surface area (Å²) >= 11 is 11.9. The number of aliphatic hydroxyl groups is 1. The summed E-state index contributed by atoms with van der Waals surface area (Å²) in [6, 6.07) is 4.88. The van der Waals surface area contributed by atoms with Crippen LogP contribution in [0.4, 0.5) is 0 Å². The zero-order valence-electron chi connectivity index (χ0n) is 9.52. The lowest BCUT2D eigenvalue weighted by Gasteiger charge is -2.10. The summed E-state index contributed by atoms with van der Waals surface area (Å²) in [4.78, 5) is 8.10. The van der Waals surface area contributed by atoms with E-state index < -0.39 is 0 Å². The molecule has 0 aliphatic rings. The van der Waals surface area contributed by atoms with Gasteiger partial charge < -0.3 is 9.84 Å². The molecule has 0 fully saturated rings. The van der Waals surface area contributed by atoms with E-state index in [1.807, 2.05) is 0 Å². The third-order valence-corrected chi connectivity index (χ3v) is 2.76. The van der Waals surface area contributed by atoms with Crippen LogP contribution in [0, 0.1) is 6.92 Å². The highest BCUT2D eigenvalue weighted by molar-refractivity contribution is 6.34. The smallest absolute Gasteiger partial charge is 0.228 e. The van der Waals surface area contributed by atoms with Gasteiger partial charge in [-0.2, -0.15) is 4.98 Å². The summed E-state index contributed by atoms with van der Waals surface area (Å²) in [5.74, 6) is 1.20. The minimum Gasteiger partial charge on any atom is -0.437 e. The van der Waals surface area contributed by atoms with Crippen LogP contribution in [0.15, 0.2) is 24.4 Å². The summed E-state index contributed by atoms with van der Waals surface area (Å²) < 4.78 is 5.57. The van der Waals surface area contributed by atoms with E-state index in [0.29, 0.717) is 27.2 Å². The number of halogens is 2. The normalized spacial score (nSPS) is 10.4. The molecule has 1 heterocycles. The van der Waals surface area contributed by atoms with Crippen molar-refractivity contribution in [2.45, 2.75) is 13.5 Å². The van der Waals surface area contributed by atoms with Gasteiger partial charge in [-0.1, -0.05) is 23.2 Å². The highest BCUT2D eigenvalue weighted by Crippen LogP contribution is 2.32. The molecule has 0 radical (unpaired) electrons. The summed E-state index contributed by atoms with van der Waals surface area (Å²) in [6.45, 7) is 1.52. The second-order valence-electron chi connectivity index (χ2n) is 3.58. The molecule has 0 spiro atoms. The molecule has 18 heavy (non-hydrogen) atoms. The SMILES string of the molecule is Cc1ncc(CO)c(Oc2cc(Cl)ccc2Cl)n1. The number of hydrogen-bond donors (Lipinski definition) is 1. The van der Waals surface area contributed by atoms with E-state index >= 15 is 0 Å². The van der Waals surface area contributed by atoms with Gasteiger partial charge in [-0.25, -0.2) is 4.98 Å². The molecule has 4 nitrogen and oxygen atoms in total. The molecule has 0 amide bonds. The first-order chi connectivity index (χ1) is 8.60. The minimum atomic E-state index is -0.214. The molecule has 0 atom stereocenters. The van der Waals surface area contributed by atoms with Gasteiger partial charge in [0.05, 0.1) is 17.2 Å². The Kier molecular flexibility index (Phi) is 4.01. The molecule has 0 saturated carbocycles. The van der Waals surface area contributed by atoms with Gasteiger partial charge in [0.25, 0.3) is 0 Å². The first-order valence-corrected chi connectivity index (χ1v) is 5.92. The molecule has 1 aromatic carbocycles. The van der Waals surface area contributed by atoms with E-state index in [4.69, 9.17) is 27.9 Å². The van der Waals surface area contributed by atoms with Crippen LogP contribution in [0.5, 0.6) is 11.6 Å². The largest absolute Gasteiger partial charge is 0.437 e. The van der Waals surface area contributed by atoms with Crippen LogP contribution < -0.4 is 4.74 Å². The summed E-state index contributed by atoms with van der Waals surface area (Å²) in [6.07, 6.45) is 1.51. The van der Waals surface area contributed by atoms with Gasteiger partial charge in [0, 0.05) is 17.3 Å². The number of aliphatic hydroxyl groups excluding tert-OH is 1. The zero-order valence-corrected chi connectivity index (χ0v) is 11.0. The first-order valence-electron chi connectivity index (χ1n) is 5.16. The van der Waals surface area contributed by atoms with Crippen LogP contribution >= 0.6 is 23.2 Å². The topological polar surface area (TPSA) is 55.2 Å². The lowest BCUT2D eigenvalue weighted by Crippen LogP contribution is -1.99. The van der Waals surface area contributed by atoms with Crippen molar-refractivity contribution in [3.8, 4) is 11.6 Å². The van der Waals surface area contributed by atoms with Crippen LogP contribution in [0.25, 0.3) is 0 Å². The van der Waals surface area contributed by atoms with Crippen LogP contribution in [-0.4, -0.2) is 15.1 Å². The Labute approximate surface area is 114 Å². The van der Waals surface area contributed by atoms with Crippen molar-refractivity contribution in [3.63, 3.8) is 0 Å². The molecule has 1 N–H and O–H groups in total. The monoisotopic (exact) mass is 284 g/mol. The average Bonchev–Trinajstić information content (AvgIpc) is 2.34.